The summed E-state index contributed by atoms with van der Waals surface area (Å²) in [5.74, 6) is 0.930. The number of aliphatic hydroxyl groups excluding tert-OH is 1. The molecule has 1 aliphatic carbocycles. The lowest BCUT2D eigenvalue weighted by molar-refractivity contribution is 0.0728. The van der Waals surface area contributed by atoms with Gasteiger partial charge in [0, 0.05) is 54.2 Å². The van der Waals surface area contributed by atoms with Crippen molar-refractivity contribution in [2.75, 3.05) is 18.9 Å². The van der Waals surface area contributed by atoms with Gasteiger partial charge >= 0.3 is 5.69 Å². The summed E-state index contributed by atoms with van der Waals surface area (Å²) in [6, 6.07) is 14.1. The van der Waals surface area contributed by atoms with E-state index in [-0.39, 0.29) is 28.9 Å². The smallest absolute Gasteiger partial charge is 0.354 e. The van der Waals surface area contributed by atoms with E-state index in [1.807, 2.05) is 18.2 Å². The SMILES string of the molecule is N=C(N)SCC[C@@H]1CCC[C@@H](c2ccc(-n3cc4cc(-c5cc(CCCC(N)C6CC6)cc(Cl)c5F)[nH]c4nc3=O)cc2)N1CCCO. The van der Waals surface area contributed by atoms with Crippen molar-refractivity contribution in [3.05, 3.63) is 81.1 Å². The lowest BCUT2D eigenvalue weighted by atomic mass is 9.89. The highest BCUT2D eigenvalue weighted by atomic mass is 35.5. The Balaban J connectivity index is 1.21. The van der Waals surface area contributed by atoms with Crippen molar-refractivity contribution in [1.82, 2.24) is 19.4 Å². The second-order valence-electron chi connectivity index (χ2n) is 13.2. The lowest BCUT2D eigenvalue weighted by Gasteiger charge is -2.42. The Bertz CT molecular complexity index is 1790. The molecule has 2 aromatic carbocycles. The third-order valence-electron chi connectivity index (χ3n) is 9.84. The molecule has 3 atom stereocenters. The predicted molar refractivity (Wildman–Crippen MR) is 194 cm³/mol. The number of benzene rings is 2. The molecule has 256 valence electrons. The van der Waals surface area contributed by atoms with Crippen molar-refractivity contribution in [2.45, 2.75) is 82.3 Å². The number of aromatic amines is 1. The van der Waals surface area contributed by atoms with Gasteiger partial charge in [0.1, 0.15) is 5.65 Å². The van der Waals surface area contributed by atoms with E-state index in [9.17, 15) is 9.90 Å². The van der Waals surface area contributed by atoms with Crippen LogP contribution in [0.25, 0.3) is 28.0 Å². The minimum atomic E-state index is -0.511. The van der Waals surface area contributed by atoms with E-state index in [4.69, 9.17) is 28.5 Å². The van der Waals surface area contributed by atoms with Gasteiger partial charge in [-0.25, -0.2) is 9.18 Å². The number of aromatic nitrogens is 3. The summed E-state index contributed by atoms with van der Waals surface area (Å²) in [7, 11) is 0. The maximum Gasteiger partial charge on any atom is 0.354 e. The topological polar surface area (TPSA) is 150 Å². The van der Waals surface area contributed by atoms with Crippen LogP contribution in [-0.2, 0) is 6.42 Å². The van der Waals surface area contributed by atoms with Crippen molar-refractivity contribution >= 4 is 39.6 Å². The van der Waals surface area contributed by atoms with Crippen molar-refractivity contribution in [3.8, 4) is 16.9 Å². The number of nitrogens with one attached hydrogen (secondary N) is 2. The van der Waals surface area contributed by atoms with Crippen LogP contribution in [-0.4, -0.2) is 60.7 Å². The molecule has 2 aliphatic rings. The number of hydrogen-bond donors (Lipinski definition) is 5. The van der Waals surface area contributed by atoms with Gasteiger partial charge in [0.05, 0.1) is 16.4 Å². The van der Waals surface area contributed by atoms with E-state index < -0.39 is 11.5 Å². The summed E-state index contributed by atoms with van der Waals surface area (Å²) in [6.07, 6.45) is 11.6. The molecule has 1 unspecified atom stereocenters. The first-order valence-electron chi connectivity index (χ1n) is 17.0. The van der Waals surface area contributed by atoms with Gasteiger partial charge < -0.3 is 21.6 Å². The third kappa shape index (κ3) is 8.14. The molecule has 48 heavy (non-hydrogen) atoms. The minimum absolute atomic E-state index is 0.0643. The van der Waals surface area contributed by atoms with Crippen LogP contribution in [0.2, 0.25) is 5.02 Å². The van der Waals surface area contributed by atoms with E-state index in [0.717, 1.165) is 68.4 Å². The van der Waals surface area contributed by atoms with Gasteiger partial charge in [-0.2, -0.15) is 4.98 Å². The number of hydrogen-bond acceptors (Lipinski definition) is 7. The van der Waals surface area contributed by atoms with Crippen molar-refractivity contribution in [3.63, 3.8) is 0 Å². The number of thioether (sulfide) groups is 1. The van der Waals surface area contributed by atoms with Crippen molar-refractivity contribution < 1.29 is 9.50 Å². The maximum atomic E-state index is 15.3. The van der Waals surface area contributed by atoms with Gasteiger partial charge in [-0.05, 0) is 112 Å². The highest BCUT2D eigenvalue weighted by molar-refractivity contribution is 8.13. The largest absolute Gasteiger partial charge is 0.396 e. The summed E-state index contributed by atoms with van der Waals surface area (Å²) in [6.45, 7) is 0.925. The number of nitrogens with zero attached hydrogens (tertiary/aromatic N) is 3. The number of amidine groups is 1. The van der Waals surface area contributed by atoms with Crippen LogP contribution in [0, 0.1) is 17.1 Å². The molecule has 1 saturated heterocycles. The molecule has 2 aromatic heterocycles. The van der Waals surface area contributed by atoms with Crippen LogP contribution < -0.4 is 17.2 Å². The summed E-state index contributed by atoms with van der Waals surface area (Å²) >= 11 is 7.71. The fourth-order valence-electron chi connectivity index (χ4n) is 7.17. The number of nitrogens with two attached hydrogens (primary N) is 2. The second-order valence-corrected chi connectivity index (χ2v) is 14.8. The first-order chi connectivity index (χ1) is 23.2. The molecule has 4 aromatic rings. The highest BCUT2D eigenvalue weighted by Gasteiger charge is 2.31. The Kier molecular flexibility index (Phi) is 11.2. The van der Waals surface area contributed by atoms with Crippen LogP contribution in [0.15, 0.2) is 53.5 Å². The highest BCUT2D eigenvalue weighted by Crippen LogP contribution is 2.37. The molecule has 12 heteroatoms. The number of aliphatic hydroxyl groups is 1. The Labute approximate surface area is 289 Å². The van der Waals surface area contributed by atoms with Crippen LogP contribution in [0.4, 0.5) is 4.39 Å². The molecular weight excluding hydrogens is 649 g/mol. The van der Waals surface area contributed by atoms with Crippen LogP contribution in [0.5, 0.6) is 0 Å². The van der Waals surface area contributed by atoms with E-state index in [1.165, 1.54) is 29.2 Å². The molecule has 1 aliphatic heterocycles. The van der Waals surface area contributed by atoms with Gasteiger partial charge in [-0.15, -0.1) is 0 Å². The van der Waals surface area contributed by atoms with Crippen LogP contribution in [0.3, 0.4) is 0 Å². The molecule has 2 fully saturated rings. The monoisotopic (exact) mass is 693 g/mol. The number of likely N-dealkylation sites (tertiary alicyclic amines) is 1. The first-order valence-corrected chi connectivity index (χ1v) is 18.4. The van der Waals surface area contributed by atoms with E-state index in [2.05, 4.69) is 27.0 Å². The molecule has 6 rings (SSSR count). The zero-order valence-corrected chi connectivity index (χ0v) is 28.7. The van der Waals surface area contributed by atoms with E-state index in [1.54, 1.807) is 18.3 Å². The van der Waals surface area contributed by atoms with Crippen molar-refractivity contribution in [2.24, 2.45) is 17.4 Å². The number of H-pyrrole nitrogens is 1. The molecule has 9 nitrogen and oxygen atoms in total. The Morgan fingerprint density at radius 2 is 1.96 bits per heavy atom. The molecule has 0 radical (unpaired) electrons. The lowest BCUT2D eigenvalue weighted by Crippen LogP contribution is -2.43. The Morgan fingerprint density at radius 3 is 2.69 bits per heavy atom. The standard InChI is InChI=1S/C36H45ClFN7O2S/c37-29-19-22(4-1-6-30(39)23-8-9-23)18-28(33(29)38)31-20-25-21-45(36(47)43-34(25)42-31)27-12-10-24(11-13-27)32-7-2-5-26(14-17-48-35(40)41)44(32)15-3-16-46/h10-13,18-21,23,26,30,32,46H,1-9,14-17,39H2,(H3,40,41)(H,42,43,47)/t26-,30?,32-/m0/s1. The van der Waals surface area contributed by atoms with Gasteiger partial charge in [0.25, 0.3) is 0 Å². The number of halogens is 2. The van der Waals surface area contributed by atoms with Gasteiger partial charge in [-0.1, -0.05) is 35.5 Å². The number of aryl methyl sites for hydroxylation is 1. The average molecular weight is 694 g/mol. The molecule has 0 spiro atoms. The fourth-order valence-corrected chi connectivity index (χ4v) is 8.02. The zero-order chi connectivity index (χ0) is 33.8. The molecule has 3 heterocycles. The van der Waals surface area contributed by atoms with E-state index in [0.29, 0.717) is 46.4 Å². The quantitative estimate of drug-likeness (QED) is 0.0745. The molecule has 0 amide bonds. The number of piperidine rings is 1. The predicted octanol–water partition coefficient (Wildman–Crippen LogP) is 6.53. The van der Waals surface area contributed by atoms with Crippen LogP contribution in [0.1, 0.15) is 75.0 Å². The third-order valence-corrected chi connectivity index (χ3v) is 10.9. The maximum absolute atomic E-state index is 15.3. The first kappa shape index (κ1) is 34.6. The molecule has 7 N–H and O–H groups in total. The normalized spacial score (nSPS) is 19.2. The minimum Gasteiger partial charge on any atom is -0.396 e. The van der Waals surface area contributed by atoms with Crippen molar-refractivity contribution in [1.29, 1.82) is 5.41 Å². The zero-order valence-electron chi connectivity index (χ0n) is 27.1. The second kappa shape index (κ2) is 15.6. The molecule has 1 saturated carbocycles. The summed E-state index contributed by atoms with van der Waals surface area (Å²) in [5, 5.41) is 18.0. The molecule has 0 bridgehead atoms. The summed E-state index contributed by atoms with van der Waals surface area (Å²) in [5.41, 5.74) is 15.4. The molecular formula is C36H45ClFN7O2S. The summed E-state index contributed by atoms with van der Waals surface area (Å²) < 4.78 is 16.8. The summed E-state index contributed by atoms with van der Waals surface area (Å²) in [4.78, 5) is 23.1. The average Bonchev–Trinajstić information content (AvgIpc) is 3.85. The van der Waals surface area contributed by atoms with Gasteiger partial charge in [0.15, 0.2) is 11.0 Å². The van der Waals surface area contributed by atoms with E-state index >= 15 is 4.39 Å². The Hall–Kier alpha value is -3.22. The van der Waals surface area contributed by atoms with Crippen LogP contribution >= 0.6 is 23.4 Å². The Morgan fingerprint density at radius 1 is 1.17 bits per heavy atom. The fraction of sp³-hybridized carbons (Fsp3) is 0.472. The van der Waals surface area contributed by atoms with Gasteiger partial charge in [0.2, 0.25) is 0 Å². The van der Waals surface area contributed by atoms with Gasteiger partial charge in [-0.3, -0.25) is 14.9 Å². The number of rotatable bonds is 14. The number of fused-ring (bicyclic) bond motifs is 1.